The quantitative estimate of drug-likeness (QED) is 0.745. The second-order valence-corrected chi connectivity index (χ2v) is 5.60. The summed E-state index contributed by atoms with van der Waals surface area (Å²) < 4.78 is 41.6. The first-order valence-electron chi connectivity index (χ1n) is 7.69. The average Bonchev–Trinajstić information content (AvgIpc) is 3.02. The summed E-state index contributed by atoms with van der Waals surface area (Å²) in [6, 6.07) is 7.00. The molecule has 8 heteroatoms. The van der Waals surface area contributed by atoms with Crippen LogP contribution < -0.4 is 10.6 Å². The molecule has 0 saturated heterocycles. The third-order valence-corrected chi connectivity index (χ3v) is 3.77. The second kappa shape index (κ2) is 7.30. The van der Waals surface area contributed by atoms with Gasteiger partial charge in [-0.25, -0.2) is 22.9 Å². The topological polar surface area (TPSA) is 59.0 Å². The van der Waals surface area contributed by atoms with Gasteiger partial charge in [-0.05, 0) is 29.8 Å². The fourth-order valence-corrected chi connectivity index (χ4v) is 2.49. The maximum Gasteiger partial charge on any atom is 0.320 e. The summed E-state index contributed by atoms with van der Waals surface area (Å²) in [6.07, 6.45) is 3.26. The molecule has 0 saturated carbocycles. The first-order valence-corrected chi connectivity index (χ1v) is 7.69. The predicted molar refractivity (Wildman–Crippen MR) is 90.0 cm³/mol. The highest BCUT2D eigenvalue weighted by atomic mass is 19.1. The number of amides is 2. The van der Waals surface area contributed by atoms with E-state index in [4.69, 9.17) is 0 Å². The second-order valence-electron chi connectivity index (χ2n) is 5.60. The van der Waals surface area contributed by atoms with Crippen LogP contribution in [0.4, 0.5) is 23.7 Å². The number of halogens is 3. The van der Waals surface area contributed by atoms with E-state index in [-0.39, 0.29) is 5.69 Å². The van der Waals surface area contributed by atoms with E-state index in [0.717, 1.165) is 12.1 Å². The highest BCUT2D eigenvalue weighted by Gasteiger charge is 2.21. The molecule has 134 valence electrons. The van der Waals surface area contributed by atoms with Crippen LogP contribution >= 0.6 is 0 Å². The SMILES string of the molecule is Cn1ccnc1[C@@H](NC(=O)Nc1ccc(F)cc1F)c1ccc(F)cc1. The molecular weight excluding hydrogens is 345 g/mol. The van der Waals surface area contributed by atoms with Gasteiger partial charge in [-0.1, -0.05) is 12.1 Å². The van der Waals surface area contributed by atoms with Crippen LogP contribution in [-0.2, 0) is 7.05 Å². The van der Waals surface area contributed by atoms with Gasteiger partial charge in [0.2, 0.25) is 0 Å². The van der Waals surface area contributed by atoms with Crippen molar-refractivity contribution in [1.82, 2.24) is 14.9 Å². The van der Waals surface area contributed by atoms with Gasteiger partial charge in [0.25, 0.3) is 0 Å². The molecular formula is C18H15F3N4O. The predicted octanol–water partition coefficient (Wildman–Crippen LogP) is 3.75. The van der Waals surface area contributed by atoms with Gasteiger partial charge >= 0.3 is 6.03 Å². The van der Waals surface area contributed by atoms with E-state index in [9.17, 15) is 18.0 Å². The van der Waals surface area contributed by atoms with Crippen LogP contribution in [-0.4, -0.2) is 15.6 Å². The van der Waals surface area contributed by atoms with E-state index in [1.54, 1.807) is 24.0 Å². The van der Waals surface area contributed by atoms with Crippen LogP contribution in [0.25, 0.3) is 0 Å². The van der Waals surface area contributed by atoms with E-state index in [0.29, 0.717) is 17.5 Å². The molecule has 3 aromatic rings. The number of aromatic nitrogens is 2. The molecule has 0 aliphatic heterocycles. The zero-order chi connectivity index (χ0) is 18.7. The molecule has 2 amide bonds. The first-order chi connectivity index (χ1) is 12.4. The lowest BCUT2D eigenvalue weighted by molar-refractivity contribution is 0.249. The first kappa shape index (κ1) is 17.5. The number of aryl methyl sites for hydroxylation is 1. The van der Waals surface area contributed by atoms with Crippen LogP contribution in [0.1, 0.15) is 17.4 Å². The Kier molecular flexibility index (Phi) is 4.92. The Morgan fingerprint density at radius 1 is 1.08 bits per heavy atom. The number of imidazole rings is 1. The molecule has 0 aliphatic carbocycles. The molecule has 0 radical (unpaired) electrons. The number of hydrogen-bond donors (Lipinski definition) is 2. The molecule has 0 unspecified atom stereocenters. The lowest BCUT2D eigenvalue weighted by Crippen LogP contribution is -2.34. The molecule has 0 aliphatic rings. The third-order valence-electron chi connectivity index (χ3n) is 3.77. The van der Waals surface area contributed by atoms with Gasteiger partial charge in [0.15, 0.2) is 0 Å². The van der Waals surface area contributed by atoms with E-state index in [1.165, 1.54) is 24.3 Å². The van der Waals surface area contributed by atoms with Crippen LogP contribution in [0.15, 0.2) is 54.9 Å². The minimum absolute atomic E-state index is 0.165. The number of anilines is 1. The van der Waals surface area contributed by atoms with Crippen molar-refractivity contribution >= 4 is 11.7 Å². The van der Waals surface area contributed by atoms with E-state index in [2.05, 4.69) is 15.6 Å². The largest absolute Gasteiger partial charge is 0.336 e. The van der Waals surface area contributed by atoms with Crippen LogP contribution in [0, 0.1) is 17.5 Å². The van der Waals surface area contributed by atoms with Crippen molar-refractivity contribution in [2.45, 2.75) is 6.04 Å². The summed E-state index contributed by atoms with van der Waals surface area (Å²) >= 11 is 0. The van der Waals surface area contributed by atoms with Gasteiger partial charge in [0.05, 0.1) is 5.69 Å². The van der Waals surface area contributed by atoms with Gasteiger partial charge in [-0.2, -0.15) is 0 Å². The molecule has 26 heavy (non-hydrogen) atoms. The van der Waals surface area contributed by atoms with Crippen molar-refractivity contribution in [1.29, 1.82) is 0 Å². The maximum atomic E-state index is 13.7. The number of nitrogens with one attached hydrogen (secondary N) is 2. The van der Waals surface area contributed by atoms with Crippen molar-refractivity contribution in [2.24, 2.45) is 7.05 Å². The van der Waals surface area contributed by atoms with Crippen molar-refractivity contribution < 1.29 is 18.0 Å². The summed E-state index contributed by atoms with van der Waals surface area (Å²) in [5, 5.41) is 5.00. The molecule has 1 atom stereocenters. The Labute approximate surface area is 147 Å². The lowest BCUT2D eigenvalue weighted by atomic mass is 10.1. The van der Waals surface area contributed by atoms with Crippen LogP contribution in [0.3, 0.4) is 0 Å². The third kappa shape index (κ3) is 3.85. The Bertz CT molecular complexity index is 924. The molecule has 1 aromatic heterocycles. The Morgan fingerprint density at radius 2 is 1.77 bits per heavy atom. The lowest BCUT2D eigenvalue weighted by Gasteiger charge is -2.19. The fourth-order valence-electron chi connectivity index (χ4n) is 2.49. The Morgan fingerprint density at radius 3 is 2.38 bits per heavy atom. The van der Waals surface area contributed by atoms with Gasteiger partial charge in [-0.3, -0.25) is 0 Å². The number of urea groups is 1. The van der Waals surface area contributed by atoms with E-state index < -0.39 is 29.5 Å². The Hall–Kier alpha value is -3.29. The zero-order valence-corrected chi connectivity index (χ0v) is 13.7. The summed E-state index contributed by atoms with van der Waals surface area (Å²) in [5.41, 5.74) is 0.428. The smallest absolute Gasteiger partial charge is 0.320 e. The Balaban J connectivity index is 1.84. The van der Waals surface area contributed by atoms with E-state index >= 15 is 0 Å². The number of hydrogen-bond acceptors (Lipinski definition) is 2. The minimum Gasteiger partial charge on any atom is -0.336 e. The molecule has 0 fully saturated rings. The molecule has 1 heterocycles. The molecule has 2 N–H and O–H groups in total. The number of rotatable bonds is 4. The number of benzene rings is 2. The monoisotopic (exact) mass is 360 g/mol. The van der Waals surface area contributed by atoms with E-state index in [1.807, 2.05) is 0 Å². The van der Waals surface area contributed by atoms with Crippen molar-refractivity contribution in [3.8, 4) is 0 Å². The van der Waals surface area contributed by atoms with Gasteiger partial charge in [0.1, 0.15) is 29.3 Å². The molecule has 5 nitrogen and oxygen atoms in total. The van der Waals surface area contributed by atoms with Gasteiger partial charge < -0.3 is 15.2 Å². The standard InChI is InChI=1S/C18H15F3N4O/c1-25-9-8-22-17(25)16(11-2-4-12(19)5-3-11)24-18(26)23-15-7-6-13(20)10-14(15)21/h2-10,16H,1H3,(H2,23,24,26)/t16-/m0/s1. The highest BCUT2D eigenvalue weighted by molar-refractivity contribution is 5.89. The minimum atomic E-state index is -0.893. The maximum absolute atomic E-state index is 13.7. The fraction of sp³-hybridized carbons (Fsp3) is 0.111. The normalized spacial score (nSPS) is 11.8. The van der Waals surface area contributed by atoms with Crippen LogP contribution in [0.2, 0.25) is 0 Å². The zero-order valence-electron chi connectivity index (χ0n) is 13.7. The number of carbonyl (C=O) groups is 1. The van der Waals surface area contributed by atoms with Crippen molar-refractivity contribution in [2.75, 3.05) is 5.32 Å². The average molecular weight is 360 g/mol. The summed E-state index contributed by atoms with van der Waals surface area (Å²) in [5.74, 6) is -1.54. The summed E-state index contributed by atoms with van der Waals surface area (Å²) in [4.78, 5) is 16.5. The molecule has 0 bridgehead atoms. The highest BCUT2D eigenvalue weighted by Crippen LogP contribution is 2.21. The number of nitrogens with zero attached hydrogens (tertiary/aromatic N) is 2. The van der Waals surface area contributed by atoms with Gasteiger partial charge in [0, 0.05) is 25.5 Å². The summed E-state index contributed by atoms with van der Waals surface area (Å²) in [7, 11) is 1.75. The van der Waals surface area contributed by atoms with Crippen LogP contribution in [0.5, 0.6) is 0 Å². The molecule has 2 aromatic carbocycles. The van der Waals surface area contributed by atoms with Crippen molar-refractivity contribution in [3.63, 3.8) is 0 Å². The van der Waals surface area contributed by atoms with Gasteiger partial charge in [-0.15, -0.1) is 0 Å². The molecule has 0 spiro atoms. The number of carbonyl (C=O) groups excluding carboxylic acids is 1. The molecule has 3 rings (SSSR count). The van der Waals surface area contributed by atoms with Crippen molar-refractivity contribution in [3.05, 3.63) is 83.7 Å². The summed E-state index contributed by atoms with van der Waals surface area (Å²) in [6.45, 7) is 0.